The zero-order chi connectivity index (χ0) is 11.7. The smallest absolute Gasteiger partial charge is 0.0313 e. The van der Waals surface area contributed by atoms with Crippen molar-refractivity contribution >= 4 is 0 Å². The molecular weight excluding hydrogens is 196 g/mol. The fourth-order valence-corrected chi connectivity index (χ4v) is 2.70. The molecule has 0 aromatic carbocycles. The van der Waals surface area contributed by atoms with Gasteiger partial charge in [0.2, 0.25) is 0 Å². The normalized spacial score (nSPS) is 21.9. The fraction of sp³-hybridized carbons (Fsp3) is 0.714. The molecule has 0 fully saturated rings. The van der Waals surface area contributed by atoms with Crippen LogP contribution >= 0.6 is 0 Å². The Kier molecular flexibility index (Phi) is 3.38. The molecule has 2 rings (SSSR count). The van der Waals surface area contributed by atoms with Crippen molar-refractivity contribution in [2.45, 2.75) is 59.0 Å². The number of fused-ring (bicyclic) bond motifs is 1. The van der Waals surface area contributed by atoms with Crippen LogP contribution in [-0.4, -0.2) is 4.57 Å². The molecule has 1 heterocycles. The average Bonchev–Trinajstić information content (AvgIpc) is 2.58. The lowest BCUT2D eigenvalue weighted by Gasteiger charge is -2.22. The van der Waals surface area contributed by atoms with Crippen molar-refractivity contribution < 1.29 is 0 Å². The maximum Gasteiger partial charge on any atom is 0.0313 e. The molecule has 1 aliphatic rings. The van der Waals surface area contributed by atoms with Crippen LogP contribution in [0.25, 0.3) is 0 Å². The van der Waals surface area contributed by atoms with Crippen LogP contribution in [0.4, 0.5) is 0 Å². The second-order valence-corrected chi connectivity index (χ2v) is 5.31. The Morgan fingerprint density at radius 1 is 1.56 bits per heavy atom. The van der Waals surface area contributed by atoms with Crippen molar-refractivity contribution in [3.05, 3.63) is 23.0 Å². The van der Waals surface area contributed by atoms with E-state index in [1.54, 1.807) is 0 Å². The topological polar surface area (TPSA) is 30.9 Å². The molecule has 0 amide bonds. The molecule has 1 aromatic rings. The molecular formula is C14H24N2. The first-order valence-corrected chi connectivity index (χ1v) is 6.58. The predicted octanol–water partition coefficient (Wildman–Crippen LogP) is 3.18. The van der Waals surface area contributed by atoms with E-state index in [4.69, 9.17) is 5.73 Å². The Morgan fingerprint density at radius 3 is 3.00 bits per heavy atom. The molecule has 2 heteroatoms. The third kappa shape index (κ3) is 2.03. The van der Waals surface area contributed by atoms with E-state index in [0.717, 1.165) is 18.9 Å². The van der Waals surface area contributed by atoms with Crippen LogP contribution in [0.15, 0.2) is 6.07 Å². The summed E-state index contributed by atoms with van der Waals surface area (Å²) in [5.74, 6) is 0.758. The van der Waals surface area contributed by atoms with Crippen molar-refractivity contribution in [3.63, 3.8) is 0 Å². The number of rotatable bonds is 3. The van der Waals surface area contributed by atoms with Crippen molar-refractivity contribution in [2.24, 2.45) is 11.7 Å². The Morgan fingerprint density at radius 2 is 2.31 bits per heavy atom. The summed E-state index contributed by atoms with van der Waals surface area (Å²) in [5.41, 5.74) is 10.5. The second kappa shape index (κ2) is 4.62. The van der Waals surface area contributed by atoms with Crippen molar-refractivity contribution in [3.8, 4) is 0 Å². The van der Waals surface area contributed by atoms with Gasteiger partial charge in [-0.15, -0.1) is 0 Å². The Balaban J connectivity index is 2.31. The summed E-state index contributed by atoms with van der Waals surface area (Å²) >= 11 is 0. The molecule has 90 valence electrons. The van der Waals surface area contributed by atoms with E-state index in [9.17, 15) is 0 Å². The highest BCUT2D eigenvalue weighted by Gasteiger charge is 2.22. The highest BCUT2D eigenvalue weighted by atomic mass is 15.0. The summed E-state index contributed by atoms with van der Waals surface area (Å²) in [6.07, 6.45) is 4.86. The molecule has 1 aromatic heterocycles. The molecule has 0 saturated carbocycles. The Bertz CT molecular complexity index is 365. The van der Waals surface area contributed by atoms with Gasteiger partial charge in [-0.05, 0) is 43.7 Å². The van der Waals surface area contributed by atoms with Gasteiger partial charge >= 0.3 is 0 Å². The lowest BCUT2D eigenvalue weighted by atomic mass is 9.93. The van der Waals surface area contributed by atoms with Gasteiger partial charge in [0, 0.05) is 24.0 Å². The molecule has 2 nitrogen and oxygen atoms in total. The van der Waals surface area contributed by atoms with Crippen molar-refractivity contribution in [2.75, 3.05) is 0 Å². The summed E-state index contributed by atoms with van der Waals surface area (Å²) < 4.78 is 2.50. The zero-order valence-electron chi connectivity index (χ0n) is 10.8. The maximum atomic E-state index is 6.18. The highest BCUT2D eigenvalue weighted by Crippen LogP contribution is 2.31. The highest BCUT2D eigenvalue weighted by molar-refractivity contribution is 5.32. The van der Waals surface area contributed by atoms with Crippen molar-refractivity contribution in [1.82, 2.24) is 4.57 Å². The molecule has 0 saturated heterocycles. The lowest BCUT2D eigenvalue weighted by Crippen LogP contribution is -2.19. The average molecular weight is 220 g/mol. The van der Waals surface area contributed by atoms with Gasteiger partial charge in [-0.3, -0.25) is 0 Å². The molecule has 2 N–H and O–H groups in total. The maximum absolute atomic E-state index is 6.18. The quantitative estimate of drug-likeness (QED) is 0.833. The summed E-state index contributed by atoms with van der Waals surface area (Å²) in [5, 5.41) is 0. The van der Waals surface area contributed by atoms with Crippen LogP contribution in [0.5, 0.6) is 0 Å². The van der Waals surface area contributed by atoms with Gasteiger partial charge in [-0.1, -0.05) is 20.3 Å². The van der Waals surface area contributed by atoms with Gasteiger partial charge < -0.3 is 10.3 Å². The van der Waals surface area contributed by atoms with Gasteiger partial charge in [0.05, 0.1) is 0 Å². The predicted molar refractivity (Wildman–Crippen MR) is 68.5 cm³/mol. The van der Waals surface area contributed by atoms with E-state index >= 15 is 0 Å². The Labute approximate surface area is 98.8 Å². The van der Waals surface area contributed by atoms with E-state index in [1.165, 1.54) is 36.2 Å². The first kappa shape index (κ1) is 11.7. The molecule has 0 radical (unpaired) electrons. The van der Waals surface area contributed by atoms with Gasteiger partial charge in [0.1, 0.15) is 0 Å². The number of hydrogen-bond acceptors (Lipinski definition) is 1. The van der Waals surface area contributed by atoms with E-state index in [1.807, 2.05) is 0 Å². The first-order chi connectivity index (χ1) is 7.63. The molecule has 0 aliphatic heterocycles. The largest absolute Gasteiger partial charge is 0.348 e. The lowest BCUT2D eigenvalue weighted by molar-refractivity contribution is 0.443. The minimum absolute atomic E-state index is 0.278. The third-order valence-corrected chi connectivity index (χ3v) is 3.97. The second-order valence-electron chi connectivity index (χ2n) is 5.31. The minimum Gasteiger partial charge on any atom is -0.348 e. The first-order valence-electron chi connectivity index (χ1n) is 6.58. The number of hydrogen-bond donors (Lipinski definition) is 1. The summed E-state index contributed by atoms with van der Waals surface area (Å²) in [7, 11) is 0. The van der Waals surface area contributed by atoms with Crippen LogP contribution in [0.1, 0.15) is 56.1 Å². The van der Waals surface area contributed by atoms with Gasteiger partial charge in [0.15, 0.2) is 0 Å². The van der Waals surface area contributed by atoms with Crippen LogP contribution in [0, 0.1) is 12.8 Å². The van der Waals surface area contributed by atoms with E-state index in [-0.39, 0.29) is 6.04 Å². The van der Waals surface area contributed by atoms with Crippen LogP contribution in [0.3, 0.4) is 0 Å². The number of aryl methyl sites for hydroxylation is 1. The van der Waals surface area contributed by atoms with Gasteiger partial charge in [0.25, 0.3) is 0 Å². The molecule has 1 aliphatic carbocycles. The van der Waals surface area contributed by atoms with E-state index < -0.39 is 0 Å². The summed E-state index contributed by atoms with van der Waals surface area (Å²) in [6.45, 7) is 7.97. The minimum atomic E-state index is 0.278. The standard InChI is InChI=1S/C14H24N2/c1-4-10(2)9-16-11(3)8-12-13(15)6-5-7-14(12)16/h8,10,13H,4-7,9,15H2,1-3H3. The molecule has 0 bridgehead atoms. The van der Waals surface area contributed by atoms with Crippen LogP contribution < -0.4 is 5.73 Å². The number of nitrogens with zero attached hydrogens (tertiary/aromatic N) is 1. The fourth-order valence-electron chi connectivity index (χ4n) is 2.70. The summed E-state index contributed by atoms with van der Waals surface area (Å²) in [4.78, 5) is 0. The van der Waals surface area contributed by atoms with E-state index in [2.05, 4.69) is 31.4 Å². The monoisotopic (exact) mass is 220 g/mol. The van der Waals surface area contributed by atoms with Crippen LogP contribution in [-0.2, 0) is 13.0 Å². The molecule has 2 unspecified atom stereocenters. The number of aromatic nitrogens is 1. The molecule has 16 heavy (non-hydrogen) atoms. The van der Waals surface area contributed by atoms with Gasteiger partial charge in [-0.2, -0.15) is 0 Å². The third-order valence-electron chi connectivity index (χ3n) is 3.97. The molecule has 0 spiro atoms. The van der Waals surface area contributed by atoms with Gasteiger partial charge in [-0.25, -0.2) is 0 Å². The number of nitrogens with two attached hydrogens (primary N) is 1. The van der Waals surface area contributed by atoms with E-state index in [0.29, 0.717) is 0 Å². The Hall–Kier alpha value is -0.760. The molecule has 2 atom stereocenters. The SMILES string of the molecule is CCC(C)Cn1c(C)cc2c1CCCC2N. The van der Waals surface area contributed by atoms with Crippen molar-refractivity contribution in [1.29, 1.82) is 0 Å². The summed E-state index contributed by atoms with van der Waals surface area (Å²) in [6, 6.07) is 2.59. The zero-order valence-corrected chi connectivity index (χ0v) is 10.8. The van der Waals surface area contributed by atoms with Crippen LogP contribution in [0.2, 0.25) is 0 Å².